The number of nitrogens with zero attached hydrogens (tertiary/aromatic N) is 1. The molecule has 2 rings (SSSR count). The lowest BCUT2D eigenvalue weighted by Gasteiger charge is -2.14. The average molecular weight is 323 g/mol. The van der Waals surface area contributed by atoms with E-state index in [2.05, 4.69) is 5.32 Å². The maximum atomic E-state index is 12.9. The normalized spacial score (nSPS) is 11.8. The summed E-state index contributed by atoms with van der Waals surface area (Å²) in [5.74, 6) is -0.841. The molecule has 0 aliphatic heterocycles. The minimum atomic E-state index is -0.650. The van der Waals surface area contributed by atoms with E-state index < -0.39 is 10.8 Å². The molecule has 5 nitrogen and oxygen atoms in total. The summed E-state index contributed by atoms with van der Waals surface area (Å²) < 4.78 is 12.9. The van der Waals surface area contributed by atoms with Gasteiger partial charge in [0, 0.05) is 11.6 Å². The molecule has 0 heterocycles. The topological polar surface area (TPSA) is 72.2 Å². The number of nitro groups is 1. The van der Waals surface area contributed by atoms with Crippen LogP contribution in [0.2, 0.25) is 5.02 Å². The highest BCUT2D eigenvalue weighted by Gasteiger charge is 2.17. The lowest BCUT2D eigenvalue weighted by molar-refractivity contribution is -0.384. The minimum absolute atomic E-state index is 0.0341. The molecule has 0 saturated carbocycles. The van der Waals surface area contributed by atoms with E-state index in [4.69, 9.17) is 11.6 Å². The number of hydrogen-bond donors (Lipinski definition) is 1. The summed E-state index contributed by atoms with van der Waals surface area (Å²) in [6.45, 7) is 1.73. The predicted molar refractivity (Wildman–Crippen MR) is 80.4 cm³/mol. The van der Waals surface area contributed by atoms with Crippen LogP contribution >= 0.6 is 11.6 Å². The number of rotatable bonds is 4. The van der Waals surface area contributed by atoms with Crippen LogP contribution in [0, 0.1) is 15.9 Å². The molecule has 114 valence electrons. The Hall–Kier alpha value is -2.47. The highest BCUT2D eigenvalue weighted by atomic mass is 35.5. The van der Waals surface area contributed by atoms with Crippen molar-refractivity contribution >= 4 is 23.2 Å². The molecule has 0 radical (unpaired) electrons. The third-order valence-corrected chi connectivity index (χ3v) is 3.44. The van der Waals surface area contributed by atoms with Crippen molar-refractivity contribution in [3.05, 3.63) is 74.5 Å². The summed E-state index contributed by atoms with van der Waals surface area (Å²) in [6.07, 6.45) is 0. The van der Waals surface area contributed by atoms with E-state index in [9.17, 15) is 19.3 Å². The molecule has 0 aliphatic rings. The van der Waals surface area contributed by atoms with E-state index >= 15 is 0 Å². The number of benzene rings is 2. The van der Waals surface area contributed by atoms with Gasteiger partial charge in [0.25, 0.3) is 11.6 Å². The second-order valence-corrected chi connectivity index (χ2v) is 5.08. The zero-order valence-corrected chi connectivity index (χ0v) is 12.3. The summed E-state index contributed by atoms with van der Waals surface area (Å²) >= 11 is 5.70. The van der Waals surface area contributed by atoms with E-state index in [1.54, 1.807) is 19.1 Å². The standard InChI is InChI=1S/C15H12ClFN2O3/c1-9(10-2-5-12(17)6-3-10)18-15(20)11-4-7-13(16)14(8-11)19(21)22/h2-9H,1H3,(H,18,20). The predicted octanol–water partition coefficient (Wildman–Crippen LogP) is 3.88. The third kappa shape index (κ3) is 3.59. The molecule has 0 saturated heterocycles. The first-order valence-corrected chi connectivity index (χ1v) is 6.76. The van der Waals surface area contributed by atoms with E-state index in [1.165, 1.54) is 24.3 Å². The fourth-order valence-electron chi connectivity index (χ4n) is 1.91. The van der Waals surface area contributed by atoms with Gasteiger partial charge in [-0.05, 0) is 36.8 Å². The maximum Gasteiger partial charge on any atom is 0.288 e. The second kappa shape index (κ2) is 6.53. The number of nitrogens with one attached hydrogen (secondary N) is 1. The van der Waals surface area contributed by atoms with Crippen LogP contribution in [0.3, 0.4) is 0 Å². The van der Waals surface area contributed by atoms with E-state index in [1.807, 2.05) is 0 Å². The van der Waals surface area contributed by atoms with Crippen molar-refractivity contribution in [3.63, 3.8) is 0 Å². The third-order valence-electron chi connectivity index (χ3n) is 3.12. The van der Waals surface area contributed by atoms with Crippen LogP contribution in [0.4, 0.5) is 10.1 Å². The smallest absolute Gasteiger partial charge is 0.288 e. The zero-order chi connectivity index (χ0) is 16.3. The molecule has 2 aromatic carbocycles. The van der Waals surface area contributed by atoms with Crippen LogP contribution in [-0.4, -0.2) is 10.8 Å². The first-order chi connectivity index (χ1) is 10.4. The van der Waals surface area contributed by atoms with Crippen molar-refractivity contribution in [1.29, 1.82) is 0 Å². The quantitative estimate of drug-likeness (QED) is 0.686. The van der Waals surface area contributed by atoms with E-state index in [0.29, 0.717) is 0 Å². The molecule has 0 bridgehead atoms. The first-order valence-electron chi connectivity index (χ1n) is 6.38. The van der Waals surface area contributed by atoms with Gasteiger partial charge in [0.1, 0.15) is 10.8 Å². The fourth-order valence-corrected chi connectivity index (χ4v) is 2.10. The largest absolute Gasteiger partial charge is 0.346 e. The number of carbonyl (C=O) groups excluding carboxylic acids is 1. The van der Waals surface area contributed by atoms with Crippen molar-refractivity contribution in [1.82, 2.24) is 5.32 Å². The van der Waals surface area contributed by atoms with Gasteiger partial charge in [-0.1, -0.05) is 23.7 Å². The number of nitro benzene ring substituents is 1. The Kier molecular flexibility index (Phi) is 4.72. The van der Waals surface area contributed by atoms with Crippen LogP contribution < -0.4 is 5.32 Å². The van der Waals surface area contributed by atoms with Gasteiger partial charge >= 0.3 is 0 Å². The first kappa shape index (κ1) is 15.9. The van der Waals surface area contributed by atoms with Crippen LogP contribution in [0.25, 0.3) is 0 Å². The molecule has 1 atom stereocenters. The lowest BCUT2D eigenvalue weighted by Crippen LogP contribution is -2.26. The second-order valence-electron chi connectivity index (χ2n) is 4.67. The SMILES string of the molecule is CC(NC(=O)c1ccc(Cl)c([N+](=O)[O-])c1)c1ccc(F)cc1. The fraction of sp³-hybridized carbons (Fsp3) is 0.133. The van der Waals surface area contributed by atoms with Gasteiger partial charge in [0.05, 0.1) is 11.0 Å². The van der Waals surface area contributed by atoms with Gasteiger partial charge in [0.2, 0.25) is 0 Å². The molecule has 7 heteroatoms. The molecular formula is C15H12ClFN2O3. The Morgan fingerprint density at radius 3 is 2.50 bits per heavy atom. The number of halogens is 2. The molecule has 0 fully saturated rings. The molecule has 1 amide bonds. The highest BCUT2D eigenvalue weighted by molar-refractivity contribution is 6.32. The summed E-state index contributed by atoms with van der Waals surface area (Å²) in [5.41, 5.74) is 0.520. The number of hydrogen-bond acceptors (Lipinski definition) is 3. The van der Waals surface area contributed by atoms with Crippen molar-refractivity contribution in [2.75, 3.05) is 0 Å². The van der Waals surface area contributed by atoms with E-state index in [0.717, 1.165) is 11.6 Å². The summed E-state index contributed by atoms with van der Waals surface area (Å²) in [6, 6.07) is 9.17. The Balaban J connectivity index is 2.16. The van der Waals surface area contributed by atoms with Crippen LogP contribution in [0.15, 0.2) is 42.5 Å². The summed E-state index contributed by atoms with van der Waals surface area (Å²) in [4.78, 5) is 22.3. The van der Waals surface area contributed by atoms with Gasteiger partial charge in [-0.25, -0.2) is 4.39 Å². The molecule has 0 aliphatic carbocycles. The lowest BCUT2D eigenvalue weighted by atomic mass is 10.1. The maximum absolute atomic E-state index is 12.9. The van der Waals surface area contributed by atoms with Gasteiger partial charge in [-0.3, -0.25) is 14.9 Å². The Morgan fingerprint density at radius 1 is 1.27 bits per heavy atom. The Morgan fingerprint density at radius 2 is 1.91 bits per heavy atom. The summed E-state index contributed by atoms with van der Waals surface area (Å²) in [5, 5.41) is 13.5. The van der Waals surface area contributed by atoms with Crippen molar-refractivity contribution < 1.29 is 14.1 Å². The van der Waals surface area contributed by atoms with Gasteiger partial charge in [-0.15, -0.1) is 0 Å². The number of amides is 1. The molecule has 1 N–H and O–H groups in total. The van der Waals surface area contributed by atoms with Crippen molar-refractivity contribution in [3.8, 4) is 0 Å². The molecule has 22 heavy (non-hydrogen) atoms. The average Bonchev–Trinajstić information content (AvgIpc) is 2.47. The molecule has 0 spiro atoms. The number of carbonyl (C=O) groups is 1. The van der Waals surface area contributed by atoms with Crippen LogP contribution in [-0.2, 0) is 0 Å². The minimum Gasteiger partial charge on any atom is -0.346 e. The molecule has 2 aromatic rings. The van der Waals surface area contributed by atoms with Gasteiger partial charge in [0.15, 0.2) is 0 Å². The van der Waals surface area contributed by atoms with Gasteiger partial charge < -0.3 is 5.32 Å². The Labute approximate surface area is 130 Å². The zero-order valence-electron chi connectivity index (χ0n) is 11.5. The van der Waals surface area contributed by atoms with Crippen molar-refractivity contribution in [2.24, 2.45) is 0 Å². The van der Waals surface area contributed by atoms with Crippen molar-refractivity contribution in [2.45, 2.75) is 13.0 Å². The monoisotopic (exact) mass is 322 g/mol. The van der Waals surface area contributed by atoms with E-state index in [-0.39, 0.29) is 28.1 Å². The Bertz CT molecular complexity index is 719. The molecular weight excluding hydrogens is 311 g/mol. The molecule has 1 unspecified atom stereocenters. The highest BCUT2D eigenvalue weighted by Crippen LogP contribution is 2.25. The van der Waals surface area contributed by atoms with Crippen LogP contribution in [0.5, 0.6) is 0 Å². The summed E-state index contributed by atoms with van der Waals surface area (Å²) in [7, 11) is 0. The van der Waals surface area contributed by atoms with Crippen LogP contribution in [0.1, 0.15) is 28.9 Å². The molecule has 0 aromatic heterocycles. The van der Waals surface area contributed by atoms with Gasteiger partial charge in [-0.2, -0.15) is 0 Å².